The molecule has 1 aliphatic carbocycles. The zero-order chi connectivity index (χ0) is 29.3. The Morgan fingerprint density at radius 2 is 1.81 bits per heavy atom. The van der Waals surface area contributed by atoms with E-state index in [1.807, 2.05) is 24.1 Å². The molecule has 4 aromatic rings. The molecule has 4 heterocycles. The van der Waals surface area contributed by atoms with Crippen molar-refractivity contribution in [3.8, 4) is 11.8 Å². The van der Waals surface area contributed by atoms with Gasteiger partial charge in [0.1, 0.15) is 11.5 Å². The van der Waals surface area contributed by atoms with Gasteiger partial charge in [0.2, 0.25) is 0 Å². The molecule has 0 atom stereocenters. The summed E-state index contributed by atoms with van der Waals surface area (Å²) < 4.78 is 43.4. The molecular formula is C30H29F3N8O. The number of aromatic nitrogens is 4. The second kappa shape index (κ2) is 11.4. The highest BCUT2D eigenvalue weighted by Crippen LogP contribution is 2.38. The summed E-state index contributed by atoms with van der Waals surface area (Å²) in [7, 11) is 1.99. The van der Waals surface area contributed by atoms with E-state index in [0.29, 0.717) is 35.9 Å². The van der Waals surface area contributed by atoms with E-state index in [1.54, 1.807) is 22.8 Å². The average Bonchev–Trinajstić information content (AvgIpc) is 3.73. The molecule has 1 saturated heterocycles. The quantitative estimate of drug-likeness (QED) is 0.333. The molecule has 1 aliphatic heterocycles. The van der Waals surface area contributed by atoms with E-state index in [4.69, 9.17) is 0 Å². The fraction of sp³-hybridized carbons (Fsp3) is 0.333. The number of nitrogens with one attached hydrogen (secondary N) is 2. The van der Waals surface area contributed by atoms with Gasteiger partial charge in [-0.3, -0.25) is 10.2 Å². The minimum absolute atomic E-state index is 0.0311. The van der Waals surface area contributed by atoms with E-state index < -0.39 is 17.8 Å². The van der Waals surface area contributed by atoms with Crippen molar-refractivity contribution < 1.29 is 18.0 Å². The number of imidazole rings is 1. The van der Waals surface area contributed by atoms with Crippen LogP contribution in [0, 0.1) is 11.8 Å². The first-order valence-electron chi connectivity index (χ1n) is 13.7. The largest absolute Gasteiger partial charge is 0.416 e. The Morgan fingerprint density at radius 1 is 1.00 bits per heavy atom. The fourth-order valence-corrected chi connectivity index (χ4v) is 4.86. The first-order valence-corrected chi connectivity index (χ1v) is 13.7. The van der Waals surface area contributed by atoms with Gasteiger partial charge in [0.05, 0.1) is 17.5 Å². The molecule has 0 bridgehead atoms. The number of rotatable bonds is 5. The van der Waals surface area contributed by atoms with Crippen LogP contribution in [0.1, 0.15) is 46.8 Å². The number of anilines is 2. The molecule has 2 amide bonds. The second-order valence-corrected chi connectivity index (χ2v) is 10.7. The molecule has 216 valence electrons. The number of urea groups is 1. The number of alkyl halides is 3. The smallest absolute Gasteiger partial charge is 0.308 e. The highest BCUT2D eigenvalue weighted by molar-refractivity contribution is 5.99. The van der Waals surface area contributed by atoms with Crippen LogP contribution in [0.5, 0.6) is 0 Å². The van der Waals surface area contributed by atoms with E-state index in [-0.39, 0.29) is 23.6 Å². The van der Waals surface area contributed by atoms with E-state index in [1.165, 1.54) is 18.3 Å². The molecule has 6 rings (SSSR count). The number of fused-ring (bicyclic) bond motifs is 1. The number of carbonyl (C=O) groups excluding carboxylic acids is 1. The Kier molecular flexibility index (Phi) is 7.53. The van der Waals surface area contributed by atoms with Crippen LogP contribution >= 0.6 is 0 Å². The lowest BCUT2D eigenvalue weighted by atomic mass is 10.0. The van der Waals surface area contributed by atoms with Crippen LogP contribution in [0.25, 0.3) is 5.65 Å². The topological polar surface area (TPSA) is 90.7 Å². The first kappa shape index (κ1) is 27.7. The zero-order valence-electron chi connectivity index (χ0n) is 22.9. The number of amides is 2. The van der Waals surface area contributed by atoms with Crippen molar-refractivity contribution in [1.82, 2.24) is 29.4 Å². The van der Waals surface area contributed by atoms with Crippen molar-refractivity contribution in [3.63, 3.8) is 0 Å². The molecule has 0 spiro atoms. The van der Waals surface area contributed by atoms with Crippen LogP contribution in [0.3, 0.4) is 0 Å². The van der Waals surface area contributed by atoms with Gasteiger partial charge in [0.15, 0.2) is 5.65 Å². The number of pyridine rings is 1. The number of hydrogen-bond donors (Lipinski definition) is 2. The molecule has 1 aromatic carbocycles. The summed E-state index contributed by atoms with van der Waals surface area (Å²) in [5.41, 5.74) is 2.39. The van der Waals surface area contributed by atoms with Gasteiger partial charge in [-0.2, -0.15) is 18.3 Å². The van der Waals surface area contributed by atoms with Crippen molar-refractivity contribution in [2.75, 3.05) is 43.9 Å². The van der Waals surface area contributed by atoms with Gasteiger partial charge in [0.25, 0.3) is 0 Å². The molecule has 2 N–H and O–H groups in total. The van der Waals surface area contributed by atoms with Crippen molar-refractivity contribution in [1.29, 1.82) is 0 Å². The summed E-state index contributed by atoms with van der Waals surface area (Å²) in [6.07, 6.45) is 0.874. The number of carbonyl (C=O) groups is 1. The predicted octanol–water partition coefficient (Wildman–Crippen LogP) is 4.81. The second-order valence-electron chi connectivity index (χ2n) is 10.7. The standard InChI is InChI=1S/C30H29F3N8O/c1-39-12-14-40(15-13-39)19-22-5-6-23(17-25(22)30(31,32)33)36-29(42)37-27-16-20(10-11-34-27)2-7-24-18-35-28-9-8-26(21-3-4-21)38-41(24)28/h5-6,8-11,16-18,21H,3-4,12-15,19H2,1H3,(H2,34,36,37,42). The van der Waals surface area contributed by atoms with Crippen LogP contribution in [-0.2, 0) is 12.7 Å². The molecule has 9 nitrogen and oxygen atoms in total. The Hall–Kier alpha value is -4.47. The Morgan fingerprint density at radius 3 is 2.57 bits per heavy atom. The molecule has 2 fully saturated rings. The Balaban J connectivity index is 1.13. The minimum atomic E-state index is -4.56. The van der Waals surface area contributed by atoms with Crippen LogP contribution < -0.4 is 10.6 Å². The lowest BCUT2D eigenvalue weighted by Gasteiger charge is -2.33. The third kappa shape index (κ3) is 6.53. The number of hydrogen-bond acceptors (Lipinski definition) is 6. The Labute approximate surface area is 240 Å². The fourth-order valence-electron chi connectivity index (χ4n) is 4.86. The molecule has 2 aliphatic rings. The normalized spacial score (nSPS) is 16.2. The maximum absolute atomic E-state index is 13.9. The van der Waals surface area contributed by atoms with Gasteiger partial charge in [-0.15, -0.1) is 0 Å². The minimum Gasteiger partial charge on any atom is -0.308 e. The van der Waals surface area contributed by atoms with Gasteiger partial charge in [-0.1, -0.05) is 12.0 Å². The zero-order valence-corrected chi connectivity index (χ0v) is 22.9. The Bertz CT molecular complexity index is 1680. The van der Waals surface area contributed by atoms with Crippen molar-refractivity contribution in [3.05, 3.63) is 82.9 Å². The van der Waals surface area contributed by atoms with Gasteiger partial charge >= 0.3 is 12.2 Å². The van der Waals surface area contributed by atoms with Crippen LogP contribution in [-0.4, -0.2) is 68.6 Å². The lowest BCUT2D eigenvalue weighted by Crippen LogP contribution is -2.44. The summed E-state index contributed by atoms with van der Waals surface area (Å²) in [6.45, 7) is 3.20. The van der Waals surface area contributed by atoms with Crippen molar-refractivity contribution in [2.45, 2.75) is 31.5 Å². The maximum Gasteiger partial charge on any atom is 0.416 e. The van der Waals surface area contributed by atoms with E-state index >= 15 is 0 Å². The highest BCUT2D eigenvalue weighted by atomic mass is 19.4. The summed E-state index contributed by atoms with van der Waals surface area (Å²) in [5.74, 6) is 6.81. The molecule has 42 heavy (non-hydrogen) atoms. The van der Waals surface area contributed by atoms with Gasteiger partial charge in [-0.05, 0) is 67.8 Å². The number of halogens is 3. The van der Waals surface area contributed by atoms with Crippen LogP contribution in [0.2, 0.25) is 0 Å². The maximum atomic E-state index is 13.9. The number of benzene rings is 1. The molecule has 3 aromatic heterocycles. The van der Waals surface area contributed by atoms with Gasteiger partial charge in [0, 0.05) is 56.1 Å². The predicted molar refractivity (Wildman–Crippen MR) is 152 cm³/mol. The van der Waals surface area contributed by atoms with Gasteiger partial charge < -0.3 is 10.2 Å². The highest BCUT2D eigenvalue weighted by Gasteiger charge is 2.34. The first-order chi connectivity index (χ1) is 20.2. The summed E-state index contributed by atoms with van der Waals surface area (Å²) >= 11 is 0. The molecule has 0 radical (unpaired) electrons. The lowest BCUT2D eigenvalue weighted by molar-refractivity contribution is -0.138. The van der Waals surface area contributed by atoms with Crippen molar-refractivity contribution >= 4 is 23.2 Å². The molecule has 0 unspecified atom stereocenters. The van der Waals surface area contributed by atoms with Crippen LogP contribution in [0.4, 0.5) is 29.5 Å². The SMILES string of the molecule is CN1CCN(Cc2ccc(NC(=O)Nc3cc(C#Cc4cnc5ccc(C6CC6)nn45)ccn3)cc2C(F)(F)F)CC1. The summed E-state index contributed by atoms with van der Waals surface area (Å²) in [5, 5.41) is 9.72. The van der Waals surface area contributed by atoms with E-state index in [0.717, 1.165) is 37.7 Å². The molecule has 12 heteroatoms. The average molecular weight is 575 g/mol. The number of piperazine rings is 1. The van der Waals surface area contributed by atoms with Gasteiger partial charge in [-0.25, -0.2) is 19.3 Å². The third-order valence-corrected chi connectivity index (χ3v) is 7.38. The monoisotopic (exact) mass is 574 g/mol. The van der Waals surface area contributed by atoms with Crippen molar-refractivity contribution in [2.24, 2.45) is 0 Å². The number of likely N-dealkylation sites (N-methyl/N-ethyl adjacent to an activating group) is 1. The van der Waals surface area contributed by atoms with E-state index in [9.17, 15) is 18.0 Å². The van der Waals surface area contributed by atoms with E-state index in [2.05, 4.69) is 42.4 Å². The third-order valence-electron chi connectivity index (χ3n) is 7.38. The summed E-state index contributed by atoms with van der Waals surface area (Å²) in [4.78, 5) is 25.3. The van der Waals surface area contributed by atoms with Crippen LogP contribution in [0.15, 0.2) is 54.9 Å². The number of nitrogens with zero attached hydrogens (tertiary/aromatic N) is 6. The summed E-state index contributed by atoms with van der Waals surface area (Å²) in [6, 6.07) is 10.4. The molecular weight excluding hydrogens is 545 g/mol. The molecule has 1 saturated carbocycles.